The molecule has 107 heavy (non-hydrogen) atoms. The molecule has 0 atom stereocenters. The minimum Gasteiger partial charge on any atom is -0.497 e. The largest absolute Gasteiger partial charge is 0.497 e. The van der Waals surface area contributed by atoms with Gasteiger partial charge >= 0.3 is 0 Å². The van der Waals surface area contributed by atoms with Crippen molar-refractivity contribution >= 4 is 40.9 Å². The van der Waals surface area contributed by atoms with Crippen LogP contribution in [0.25, 0.3) is 0 Å². The molecule has 0 fully saturated rings. The molecular formula is C89H101N5O12S. The van der Waals surface area contributed by atoms with Crippen molar-refractivity contribution in [2.75, 3.05) is 54.6 Å². The summed E-state index contributed by atoms with van der Waals surface area (Å²) in [6.45, 7) is 14.2. The Morgan fingerprint density at radius 1 is 0.383 bits per heavy atom. The molecule has 10 aromatic rings. The van der Waals surface area contributed by atoms with Crippen LogP contribution in [0.1, 0.15) is 117 Å². The first-order valence-electron chi connectivity index (χ1n) is 36.2. The van der Waals surface area contributed by atoms with Crippen molar-refractivity contribution in [3.05, 3.63) is 302 Å². The third kappa shape index (κ3) is 27.2. The van der Waals surface area contributed by atoms with E-state index in [0.29, 0.717) is 130 Å². The first-order valence-corrected chi connectivity index (χ1v) is 37.1. The highest BCUT2D eigenvalue weighted by molar-refractivity contribution is 7.09. The van der Waals surface area contributed by atoms with Gasteiger partial charge in [-0.25, -0.2) is 0 Å². The van der Waals surface area contributed by atoms with Gasteiger partial charge in [0.15, 0.2) is 34.5 Å². The van der Waals surface area contributed by atoms with Crippen molar-refractivity contribution < 1.29 is 57.1 Å². The van der Waals surface area contributed by atoms with Crippen molar-refractivity contribution in [2.45, 2.75) is 106 Å². The van der Waals surface area contributed by atoms with Crippen LogP contribution in [-0.4, -0.2) is 98.9 Å². The number of carbonyl (C=O) groups excluding carboxylic acids is 5. The van der Waals surface area contributed by atoms with Crippen LogP contribution in [0.3, 0.4) is 0 Å². The maximum Gasteiger partial charge on any atom is 0.251 e. The number of amides is 5. The molecule has 0 saturated carbocycles. The van der Waals surface area contributed by atoms with Crippen LogP contribution in [0.5, 0.6) is 40.2 Å². The molecule has 0 unspecified atom stereocenters. The van der Waals surface area contributed by atoms with Gasteiger partial charge in [0.1, 0.15) is 25.6 Å². The SMILES string of the molecule is COc1cc(CN(CCNC(=O)c2ccc(C)cc2)C(=O)C(C)C)ccc1OCc1ccccc1.COc1cc(CN(Cc2cccs2)C(=O)CCCCc2ccccc2)ccc1OCc1ccccc1.COc1ccc(C(=O)NCCN(Cc2ccc(OCc3ccccc3)c(OC)c2)C(=O)C(C)C)cc1. The van der Waals surface area contributed by atoms with Crippen LogP contribution in [0.2, 0.25) is 0 Å². The van der Waals surface area contributed by atoms with E-state index < -0.39 is 0 Å². The van der Waals surface area contributed by atoms with Crippen molar-refractivity contribution in [2.24, 2.45) is 11.8 Å². The molecule has 0 radical (unpaired) electrons. The molecule has 1 heterocycles. The summed E-state index contributed by atoms with van der Waals surface area (Å²) in [5.74, 6) is 4.11. The van der Waals surface area contributed by atoms with Crippen molar-refractivity contribution in [3.63, 3.8) is 0 Å². The van der Waals surface area contributed by atoms with Crippen molar-refractivity contribution in [1.82, 2.24) is 25.3 Å². The highest BCUT2D eigenvalue weighted by atomic mass is 32.1. The molecule has 9 aromatic carbocycles. The lowest BCUT2D eigenvalue weighted by Gasteiger charge is -2.25. The zero-order chi connectivity index (χ0) is 76.1. The van der Waals surface area contributed by atoms with Crippen LogP contribution < -0.4 is 43.8 Å². The number of nitrogens with one attached hydrogen (secondary N) is 2. The van der Waals surface area contributed by atoms with E-state index >= 15 is 0 Å². The minimum absolute atomic E-state index is 0.0112. The van der Waals surface area contributed by atoms with Gasteiger partial charge in [-0.1, -0.05) is 191 Å². The third-order valence-electron chi connectivity index (χ3n) is 17.4. The summed E-state index contributed by atoms with van der Waals surface area (Å²) >= 11 is 1.68. The summed E-state index contributed by atoms with van der Waals surface area (Å²) in [6, 6.07) is 76.1. The lowest BCUT2D eigenvalue weighted by molar-refractivity contribution is -0.135. The number of hydrogen-bond donors (Lipinski definition) is 2. The Kier molecular flexibility index (Phi) is 33.3. The monoisotopic (exact) mass is 1460 g/mol. The van der Waals surface area contributed by atoms with E-state index in [2.05, 4.69) is 46.3 Å². The Balaban J connectivity index is 0.000000202. The van der Waals surface area contributed by atoms with E-state index in [1.54, 1.807) is 86.0 Å². The fourth-order valence-electron chi connectivity index (χ4n) is 11.4. The second-order valence-electron chi connectivity index (χ2n) is 26.2. The van der Waals surface area contributed by atoms with Gasteiger partial charge in [-0.05, 0) is 149 Å². The highest BCUT2D eigenvalue weighted by Crippen LogP contribution is 2.33. The number of aryl methyl sites for hydroxylation is 2. The Morgan fingerprint density at radius 2 is 0.766 bits per heavy atom. The van der Waals surface area contributed by atoms with Crippen LogP contribution in [0, 0.1) is 18.8 Å². The number of ether oxygens (including phenoxy) is 7. The molecule has 0 aliphatic carbocycles. The highest BCUT2D eigenvalue weighted by Gasteiger charge is 2.22. The second-order valence-corrected chi connectivity index (χ2v) is 27.3. The zero-order valence-corrected chi connectivity index (χ0v) is 63.8. The number of carbonyl (C=O) groups is 5. The normalized spacial score (nSPS) is 10.6. The molecule has 0 bridgehead atoms. The predicted octanol–water partition coefficient (Wildman–Crippen LogP) is 17.0. The van der Waals surface area contributed by atoms with Gasteiger partial charge in [0.05, 0.1) is 35.0 Å². The quantitative estimate of drug-likeness (QED) is 0.0355. The Hall–Kier alpha value is -11.4. The third-order valence-corrected chi connectivity index (χ3v) is 18.2. The Bertz CT molecular complexity index is 4320. The van der Waals surface area contributed by atoms with Crippen LogP contribution in [0.15, 0.2) is 242 Å². The van der Waals surface area contributed by atoms with Gasteiger partial charge in [0.25, 0.3) is 11.8 Å². The van der Waals surface area contributed by atoms with Gasteiger partial charge in [-0.2, -0.15) is 0 Å². The van der Waals surface area contributed by atoms with E-state index in [1.807, 2.05) is 209 Å². The van der Waals surface area contributed by atoms with E-state index in [-0.39, 0.29) is 41.4 Å². The van der Waals surface area contributed by atoms with Gasteiger partial charge in [0.2, 0.25) is 17.7 Å². The molecular weight excluding hydrogens is 1360 g/mol. The van der Waals surface area contributed by atoms with Crippen molar-refractivity contribution in [3.8, 4) is 40.2 Å². The van der Waals surface area contributed by atoms with Crippen LogP contribution >= 0.6 is 11.3 Å². The first-order chi connectivity index (χ1) is 52.0. The average Bonchev–Trinajstić information content (AvgIpc) is 1.01. The molecule has 1 aromatic heterocycles. The van der Waals surface area contributed by atoms with Crippen LogP contribution in [0.4, 0.5) is 0 Å². The maximum absolute atomic E-state index is 13.2. The number of hydrogen-bond acceptors (Lipinski definition) is 13. The van der Waals surface area contributed by atoms with E-state index in [4.69, 9.17) is 33.2 Å². The molecule has 560 valence electrons. The Morgan fingerprint density at radius 3 is 1.13 bits per heavy atom. The van der Waals surface area contributed by atoms with Gasteiger partial charge in [-0.15, -0.1) is 11.3 Å². The lowest BCUT2D eigenvalue weighted by Crippen LogP contribution is -2.40. The average molecular weight is 1460 g/mol. The molecule has 18 heteroatoms. The minimum atomic E-state index is -0.198. The smallest absolute Gasteiger partial charge is 0.251 e. The standard InChI is InChI=1S/C31H33NO3S.C29H34N2O5.C29H34N2O4/c1-34-30-21-27(18-19-29(30)35-24-26-14-6-3-7-15-26)22-32(23-28-16-10-20-36-28)31(33)17-9-8-13-25-11-4-2-5-12-25;1-21(2)29(33)31(17-16-30-28(32)24-11-13-25(34-3)14-12-24)19-23-10-15-26(27(18-23)35-4)36-20-22-8-6-5-7-9-22;1-21(2)29(33)31(17-16-30-28(32)25-13-10-22(3)11-14-25)19-24-12-15-26(27(18-24)34-4)35-20-23-8-6-5-7-9-23/h2-7,10-12,14-16,18-21H,8-9,13,17,22-24H2,1H3;5-15,18,21H,16-17,19-20H2,1-4H3,(H,30,32);5-15,18,21H,16-17,19-20H2,1-4H3,(H,30,32). The van der Waals surface area contributed by atoms with Gasteiger partial charge in [-0.3, -0.25) is 24.0 Å². The fourth-order valence-corrected chi connectivity index (χ4v) is 12.1. The summed E-state index contributed by atoms with van der Waals surface area (Å²) < 4.78 is 39.7. The molecule has 0 aliphatic heterocycles. The summed E-state index contributed by atoms with van der Waals surface area (Å²) in [4.78, 5) is 70.6. The molecule has 2 N–H and O–H groups in total. The molecule has 0 saturated heterocycles. The second kappa shape index (κ2) is 43.8. The summed E-state index contributed by atoms with van der Waals surface area (Å²) in [6.07, 6.45) is 3.43. The molecule has 10 rings (SSSR count). The molecule has 0 spiro atoms. The first kappa shape index (κ1) is 81.3. The molecule has 0 aliphatic rings. The van der Waals surface area contributed by atoms with Crippen molar-refractivity contribution in [1.29, 1.82) is 0 Å². The maximum atomic E-state index is 13.2. The fraction of sp³-hybridized carbons (Fsp3) is 0.292. The van der Waals surface area contributed by atoms with Crippen LogP contribution in [-0.2, 0) is 66.8 Å². The number of benzene rings is 9. The molecule has 5 amide bonds. The van der Waals surface area contributed by atoms with Gasteiger partial charge < -0.3 is 58.5 Å². The van der Waals surface area contributed by atoms with E-state index in [1.165, 1.54) is 10.4 Å². The number of methoxy groups -OCH3 is 4. The molecule has 17 nitrogen and oxygen atoms in total. The van der Waals surface area contributed by atoms with E-state index in [0.717, 1.165) is 58.2 Å². The number of nitrogens with zero attached hydrogens (tertiary/aromatic N) is 3. The lowest BCUT2D eigenvalue weighted by atomic mass is 10.1. The predicted molar refractivity (Wildman–Crippen MR) is 423 cm³/mol. The van der Waals surface area contributed by atoms with E-state index in [9.17, 15) is 24.0 Å². The Labute approximate surface area is 635 Å². The van der Waals surface area contributed by atoms with Gasteiger partial charge in [0, 0.05) is 80.1 Å². The summed E-state index contributed by atoms with van der Waals surface area (Å²) in [5, 5.41) is 7.86. The zero-order valence-electron chi connectivity index (χ0n) is 63.0. The number of thiophene rings is 1. The summed E-state index contributed by atoms with van der Waals surface area (Å²) in [5.41, 5.74) is 9.65. The topological polar surface area (TPSA) is 184 Å². The number of rotatable bonds is 36. The number of unbranched alkanes of at least 4 members (excludes halogenated alkanes) is 1. The summed E-state index contributed by atoms with van der Waals surface area (Å²) in [7, 11) is 6.43.